The summed E-state index contributed by atoms with van der Waals surface area (Å²) in [5.41, 5.74) is 1.10. The van der Waals surface area contributed by atoms with E-state index >= 15 is 0 Å². The lowest BCUT2D eigenvalue weighted by molar-refractivity contribution is -0.120. The van der Waals surface area contributed by atoms with Crippen LogP contribution in [0.4, 0.5) is 0 Å². The highest BCUT2D eigenvalue weighted by Gasteiger charge is 2.40. The van der Waals surface area contributed by atoms with E-state index in [-0.39, 0.29) is 11.7 Å². The second kappa shape index (κ2) is 6.34. The molecule has 0 amide bonds. The van der Waals surface area contributed by atoms with Crippen LogP contribution in [0.5, 0.6) is 0 Å². The van der Waals surface area contributed by atoms with Crippen molar-refractivity contribution < 1.29 is 9.84 Å². The Labute approximate surface area is 129 Å². The molecule has 0 aliphatic carbocycles. The Hall–Kier alpha value is -0.100. The molecule has 2 saturated heterocycles. The van der Waals surface area contributed by atoms with Gasteiger partial charge in [0.05, 0.1) is 22.4 Å². The van der Waals surface area contributed by atoms with Crippen LogP contribution in [0.25, 0.3) is 0 Å². The predicted octanol–water partition coefficient (Wildman–Crippen LogP) is 3.05. The largest absolute Gasteiger partial charge is 0.392 e. The smallest absolute Gasteiger partial charge is 0.0897 e. The minimum atomic E-state index is -0.271. The molecule has 0 radical (unpaired) electrons. The molecular formula is C15H23NO2S2. The van der Waals surface area contributed by atoms with E-state index in [9.17, 15) is 5.11 Å². The Morgan fingerprint density at radius 2 is 2.30 bits per heavy atom. The highest BCUT2D eigenvalue weighted by Crippen LogP contribution is 2.41. The molecule has 0 saturated carbocycles. The molecule has 0 aromatic carbocycles. The Kier molecular flexibility index (Phi) is 4.70. The average Bonchev–Trinajstić information content (AvgIpc) is 2.85. The SMILES string of the molecule is Cc1nc(CC(O)C2CCOC3(CCSCC3)C2)cs1. The number of ether oxygens (including phenoxy) is 1. The monoisotopic (exact) mass is 313 g/mol. The third kappa shape index (κ3) is 3.38. The lowest BCUT2D eigenvalue weighted by Crippen LogP contribution is -2.45. The fraction of sp³-hybridized carbons (Fsp3) is 0.800. The van der Waals surface area contributed by atoms with Gasteiger partial charge in [-0.15, -0.1) is 11.3 Å². The molecule has 0 bridgehead atoms. The second-order valence-electron chi connectivity index (χ2n) is 6.03. The van der Waals surface area contributed by atoms with Crippen LogP contribution in [0.15, 0.2) is 5.38 Å². The van der Waals surface area contributed by atoms with Crippen LogP contribution in [0.1, 0.15) is 36.4 Å². The first-order chi connectivity index (χ1) is 9.67. The summed E-state index contributed by atoms with van der Waals surface area (Å²) in [5.74, 6) is 2.77. The van der Waals surface area contributed by atoms with Crippen LogP contribution in [-0.4, -0.2) is 39.9 Å². The summed E-state index contributed by atoms with van der Waals surface area (Å²) in [4.78, 5) is 4.47. The molecule has 2 aliphatic rings. The first-order valence-electron chi connectivity index (χ1n) is 7.48. The van der Waals surface area contributed by atoms with Crippen LogP contribution in [0.3, 0.4) is 0 Å². The summed E-state index contributed by atoms with van der Waals surface area (Å²) in [7, 11) is 0. The first-order valence-corrected chi connectivity index (χ1v) is 9.51. The van der Waals surface area contributed by atoms with E-state index in [1.807, 2.05) is 18.7 Å². The summed E-state index contributed by atoms with van der Waals surface area (Å²) < 4.78 is 6.10. The number of thioether (sulfide) groups is 1. The maximum absolute atomic E-state index is 10.6. The van der Waals surface area contributed by atoms with Crippen molar-refractivity contribution in [2.75, 3.05) is 18.1 Å². The molecule has 1 aromatic heterocycles. The number of aliphatic hydroxyl groups excluding tert-OH is 1. The molecule has 2 atom stereocenters. The molecule has 1 N–H and O–H groups in total. The van der Waals surface area contributed by atoms with Crippen LogP contribution >= 0.6 is 23.1 Å². The minimum Gasteiger partial charge on any atom is -0.392 e. The van der Waals surface area contributed by atoms with E-state index in [4.69, 9.17) is 4.74 Å². The van der Waals surface area contributed by atoms with Crippen molar-refractivity contribution in [2.24, 2.45) is 5.92 Å². The van der Waals surface area contributed by atoms with E-state index < -0.39 is 0 Å². The maximum Gasteiger partial charge on any atom is 0.0897 e. The number of nitrogens with zero attached hydrogens (tertiary/aromatic N) is 1. The lowest BCUT2D eigenvalue weighted by atomic mass is 9.78. The standard InChI is InChI=1S/C15H23NO2S2/c1-11-16-13(10-20-11)8-14(17)12-2-5-18-15(9-12)3-6-19-7-4-15/h10,12,14,17H,2-9H2,1H3. The van der Waals surface area contributed by atoms with E-state index in [0.717, 1.165) is 43.0 Å². The van der Waals surface area contributed by atoms with Crippen molar-refractivity contribution in [3.05, 3.63) is 16.1 Å². The van der Waals surface area contributed by atoms with Crippen molar-refractivity contribution in [3.63, 3.8) is 0 Å². The molecule has 112 valence electrons. The molecule has 3 heterocycles. The first kappa shape index (κ1) is 14.8. The van der Waals surface area contributed by atoms with Gasteiger partial charge in [-0.2, -0.15) is 11.8 Å². The van der Waals surface area contributed by atoms with Gasteiger partial charge < -0.3 is 9.84 Å². The van der Waals surface area contributed by atoms with Crippen molar-refractivity contribution in [2.45, 2.75) is 50.7 Å². The molecule has 2 unspecified atom stereocenters. The Balaban J connectivity index is 1.61. The summed E-state index contributed by atoms with van der Waals surface area (Å²) >= 11 is 3.69. The van der Waals surface area contributed by atoms with E-state index in [1.165, 1.54) is 11.5 Å². The molecular weight excluding hydrogens is 290 g/mol. The van der Waals surface area contributed by atoms with Gasteiger partial charge in [-0.05, 0) is 50.0 Å². The number of hydrogen-bond acceptors (Lipinski definition) is 5. The quantitative estimate of drug-likeness (QED) is 0.931. The van der Waals surface area contributed by atoms with Crippen molar-refractivity contribution in [1.82, 2.24) is 4.98 Å². The summed E-state index contributed by atoms with van der Waals surface area (Å²) in [5, 5.41) is 13.7. The zero-order chi connectivity index (χ0) is 14.0. The third-order valence-electron chi connectivity index (χ3n) is 4.56. The molecule has 3 nitrogen and oxygen atoms in total. The zero-order valence-corrected chi connectivity index (χ0v) is 13.6. The summed E-state index contributed by atoms with van der Waals surface area (Å²) in [6.45, 7) is 2.83. The van der Waals surface area contributed by atoms with Gasteiger partial charge in [-0.1, -0.05) is 0 Å². The van der Waals surface area contributed by atoms with Crippen LogP contribution in [0, 0.1) is 12.8 Å². The molecule has 20 heavy (non-hydrogen) atoms. The normalized spacial score (nSPS) is 27.6. The van der Waals surface area contributed by atoms with Gasteiger partial charge in [0.15, 0.2) is 0 Å². The van der Waals surface area contributed by atoms with Crippen LogP contribution in [-0.2, 0) is 11.2 Å². The lowest BCUT2D eigenvalue weighted by Gasteiger charge is -2.44. The van der Waals surface area contributed by atoms with Gasteiger partial charge in [0.1, 0.15) is 0 Å². The molecule has 2 aliphatic heterocycles. The van der Waals surface area contributed by atoms with Gasteiger partial charge in [0.2, 0.25) is 0 Å². The second-order valence-corrected chi connectivity index (χ2v) is 8.31. The fourth-order valence-corrected chi connectivity index (χ4v) is 5.23. The minimum absolute atomic E-state index is 0.0626. The number of aryl methyl sites for hydroxylation is 1. The van der Waals surface area contributed by atoms with Gasteiger partial charge in [0, 0.05) is 18.4 Å². The van der Waals surface area contributed by atoms with Crippen LogP contribution in [0.2, 0.25) is 0 Å². The fourth-order valence-electron chi connectivity index (χ4n) is 3.37. The van der Waals surface area contributed by atoms with Gasteiger partial charge in [-0.25, -0.2) is 4.98 Å². The van der Waals surface area contributed by atoms with Gasteiger partial charge >= 0.3 is 0 Å². The molecule has 2 fully saturated rings. The Morgan fingerprint density at radius 1 is 1.50 bits per heavy atom. The van der Waals surface area contributed by atoms with E-state index in [2.05, 4.69) is 10.4 Å². The number of rotatable bonds is 3. The summed E-state index contributed by atoms with van der Waals surface area (Å²) in [6, 6.07) is 0. The predicted molar refractivity (Wildman–Crippen MR) is 84.5 cm³/mol. The molecule has 1 aromatic rings. The topological polar surface area (TPSA) is 42.4 Å². The molecule has 5 heteroatoms. The Bertz CT molecular complexity index is 437. The Morgan fingerprint density at radius 3 is 3.00 bits per heavy atom. The third-order valence-corrected chi connectivity index (χ3v) is 6.37. The maximum atomic E-state index is 10.6. The zero-order valence-electron chi connectivity index (χ0n) is 12.0. The van der Waals surface area contributed by atoms with E-state index in [1.54, 1.807) is 11.3 Å². The van der Waals surface area contributed by atoms with E-state index in [0.29, 0.717) is 12.3 Å². The molecule has 1 spiro atoms. The van der Waals surface area contributed by atoms with Gasteiger partial charge in [-0.3, -0.25) is 0 Å². The highest BCUT2D eigenvalue weighted by molar-refractivity contribution is 7.99. The van der Waals surface area contributed by atoms with Crippen molar-refractivity contribution in [1.29, 1.82) is 0 Å². The number of aliphatic hydroxyl groups is 1. The average molecular weight is 313 g/mol. The van der Waals surface area contributed by atoms with Crippen LogP contribution < -0.4 is 0 Å². The molecule has 3 rings (SSSR count). The van der Waals surface area contributed by atoms with Crippen molar-refractivity contribution >= 4 is 23.1 Å². The van der Waals surface area contributed by atoms with Gasteiger partial charge in [0.25, 0.3) is 0 Å². The number of aromatic nitrogens is 1. The number of thiazole rings is 1. The van der Waals surface area contributed by atoms with Crippen molar-refractivity contribution in [3.8, 4) is 0 Å². The highest BCUT2D eigenvalue weighted by atomic mass is 32.2. The summed E-state index contributed by atoms with van der Waals surface area (Å²) in [6.07, 6.45) is 4.73. The number of hydrogen-bond donors (Lipinski definition) is 1.